The van der Waals surface area contributed by atoms with Gasteiger partial charge in [-0.25, -0.2) is 0 Å². The highest BCUT2D eigenvalue weighted by Gasteiger charge is 2.21. The Kier molecular flexibility index (Phi) is 5.83. The van der Waals surface area contributed by atoms with E-state index in [0.29, 0.717) is 0 Å². The lowest BCUT2D eigenvalue weighted by Crippen LogP contribution is -2.30. The third kappa shape index (κ3) is 3.94. The van der Waals surface area contributed by atoms with Crippen LogP contribution in [0.2, 0.25) is 0 Å². The number of ether oxygens (including phenoxy) is 1. The van der Waals surface area contributed by atoms with Crippen molar-refractivity contribution in [1.82, 2.24) is 15.2 Å². The van der Waals surface area contributed by atoms with Gasteiger partial charge in [-0.05, 0) is 60.5 Å². The van der Waals surface area contributed by atoms with Crippen LogP contribution in [0.5, 0.6) is 5.75 Å². The lowest BCUT2D eigenvalue weighted by molar-refractivity contribution is 0.222. The average Bonchev–Trinajstić information content (AvgIpc) is 2.65. The van der Waals surface area contributed by atoms with Gasteiger partial charge in [0.2, 0.25) is 0 Å². The molecular weight excluding hydrogens is 298 g/mol. The van der Waals surface area contributed by atoms with Crippen LogP contribution in [0.15, 0.2) is 42.7 Å². The molecule has 4 nitrogen and oxygen atoms in total. The molecule has 0 bridgehead atoms. The van der Waals surface area contributed by atoms with Crippen LogP contribution in [-0.4, -0.2) is 42.7 Å². The molecule has 0 amide bonds. The van der Waals surface area contributed by atoms with Crippen molar-refractivity contribution < 1.29 is 4.74 Å². The Morgan fingerprint density at radius 3 is 2.71 bits per heavy atom. The van der Waals surface area contributed by atoms with Gasteiger partial charge in [0.15, 0.2) is 0 Å². The van der Waals surface area contributed by atoms with Crippen molar-refractivity contribution in [3.05, 3.63) is 59.4 Å². The fraction of sp³-hybridized carbons (Fsp3) is 0.450. The minimum Gasteiger partial charge on any atom is -0.492 e. The summed E-state index contributed by atoms with van der Waals surface area (Å²) in [6.07, 6.45) is 4.76. The van der Waals surface area contributed by atoms with Gasteiger partial charge in [-0.1, -0.05) is 19.9 Å². The second-order valence-electron chi connectivity index (χ2n) is 6.15. The predicted molar refractivity (Wildman–Crippen MR) is 97.5 cm³/mol. The maximum Gasteiger partial charge on any atom is 0.119 e. The third-order valence-corrected chi connectivity index (χ3v) is 4.78. The first-order chi connectivity index (χ1) is 11.8. The molecule has 0 aliphatic carbocycles. The first-order valence-corrected chi connectivity index (χ1v) is 8.93. The van der Waals surface area contributed by atoms with Gasteiger partial charge in [0.25, 0.3) is 0 Å². The standard InChI is InChI=1S/C20H27N3O/c1-3-23(4-2)13-14-24-18-5-6-19-17(15-18)9-12-22-20(19)16-7-10-21-11-8-16/h5-8,10-11,15,20,22H,3-4,9,12-14H2,1-2H3. The van der Waals surface area contributed by atoms with Crippen LogP contribution in [0.25, 0.3) is 0 Å². The molecule has 4 heteroatoms. The molecule has 0 saturated carbocycles. The summed E-state index contributed by atoms with van der Waals surface area (Å²) < 4.78 is 5.98. The number of aromatic nitrogens is 1. The van der Waals surface area contributed by atoms with E-state index in [1.807, 2.05) is 12.4 Å². The summed E-state index contributed by atoms with van der Waals surface area (Å²) in [7, 11) is 0. The number of likely N-dealkylation sites (N-methyl/N-ethyl adjacent to an activating group) is 1. The quantitative estimate of drug-likeness (QED) is 0.849. The fourth-order valence-electron chi connectivity index (χ4n) is 3.32. The van der Waals surface area contributed by atoms with Gasteiger partial charge >= 0.3 is 0 Å². The zero-order valence-corrected chi connectivity index (χ0v) is 14.7. The smallest absolute Gasteiger partial charge is 0.119 e. The van der Waals surface area contributed by atoms with E-state index in [1.54, 1.807) is 0 Å². The molecule has 0 fully saturated rings. The largest absolute Gasteiger partial charge is 0.492 e. The van der Waals surface area contributed by atoms with Crippen molar-refractivity contribution in [2.24, 2.45) is 0 Å². The van der Waals surface area contributed by atoms with Gasteiger partial charge in [0, 0.05) is 25.5 Å². The van der Waals surface area contributed by atoms with Crippen LogP contribution in [-0.2, 0) is 6.42 Å². The van der Waals surface area contributed by atoms with E-state index >= 15 is 0 Å². The molecule has 0 spiro atoms. The number of nitrogens with zero attached hydrogens (tertiary/aromatic N) is 2. The highest BCUT2D eigenvalue weighted by atomic mass is 16.5. The van der Waals surface area contributed by atoms with Crippen molar-refractivity contribution in [2.75, 3.05) is 32.8 Å². The van der Waals surface area contributed by atoms with Gasteiger partial charge in [0.05, 0.1) is 6.04 Å². The molecule has 1 aliphatic rings. The molecule has 128 valence electrons. The summed E-state index contributed by atoms with van der Waals surface area (Å²) in [6.45, 7) is 9.23. The molecule has 1 atom stereocenters. The number of fused-ring (bicyclic) bond motifs is 1. The normalized spacial score (nSPS) is 16.9. The number of pyridine rings is 1. The van der Waals surface area contributed by atoms with Crippen LogP contribution >= 0.6 is 0 Å². The number of benzene rings is 1. The van der Waals surface area contributed by atoms with E-state index in [2.05, 4.69) is 59.4 Å². The highest BCUT2D eigenvalue weighted by Crippen LogP contribution is 2.30. The molecule has 1 aromatic heterocycles. The van der Waals surface area contributed by atoms with Crippen LogP contribution in [0, 0.1) is 0 Å². The first-order valence-electron chi connectivity index (χ1n) is 8.93. The van der Waals surface area contributed by atoms with Crippen LogP contribution < -0.4 is 10.1 Å². The van der Waals surface area contributed by atoms with Gasteiger partial charge in [-0.15, -0.1) is 0 Å². The molecule has 2 heterocycles. The average molecular weight is 325 g/mol. The second-order valence-corrected chi connectivity index (χ2v) is 6.15. The molecular formula is C20H27N3O. The van der Waals surface area contributed by atoms with Crippen molar-refractivity contribution >= 4 is 0 Å². The molecule has 1 N–H and O–H groups in total. The lowest BCUT2D eigenvalue weighted by Gasteiger charge is -2.28. The maximum absolute atomic E-state index is 5.98. The van der Waals surface area contributed by atoms with Crippen molar-refractivity contribution in [2.45, 2.75) is 26.3 Å². The van der Waals surface area contributed by atoms with Gasteiger partial charge < -0.3 is 15.0 Å². The Hall–Kier alpha value is -1.91. The predicted octanol–water partition coefficient (Wildman–Crippen LogP) is 3.04. The van der Waals surface area contributed by atoms with Gasteiger partial charge in [0.1, 0.15) is 12.4 Å². The van der Waals surface area contributed by atoms with Crippen LogP contribution in [0.4, 0.5) is 0 Å². The minimum absolute atomic E-state index is 0.251. The Morgan fingerprint density at radius 1 is 1.17 bits per heavy atom. The second kappa shape index (κ2) is 8.27. The third-order valence-electron chi connectivity index (χ3n) is 4.78. The minimum atomic E-state index is 0.251. The zero-order chi connectivity index (χ0) is 16.8. The monoisotopic (exact) mass is 325 g/mol. The summed E-state index contributed by atoms with van der Waals surface area (Å²) >= 11 is 0. The van der Waals surface area contributed by atoms with Crippen LogP contribution in [0.1, 0.15) is 36.6 Å². The SMILES string of the molecule is CCN(CC)CCOc1ccc2c(c1)CCNC2c1ccncc1. The highest BCUT2D eigenvalue weighted by molar-refractivity contribution is 5.43. The molecule has 2 aromatic rings. The molecule has 3 rings (SSSR count). The Bertz CT molecular complexity index is 641. The Balaban J connectivity index is 1.69. The Morgan fingerprint density at radius 2 is 1.96 bits per heavy atom. The number of nitrogens with one attached hydrogen (secondary N) is 1. The maximum atomic E-state index is 5.98. The molecule has 1 aliphatic heterocycles. The van der Waals surface area contributed by atoms with Crippen molar-refractivity contribution in [3.8, 4) is 5.75 Å². The summed E-state index contributed by atoms with van der Waals surface area (Å²) in [4.78, 5) is 6.50. The van der Waals surface area contributed by atoms with Crippen LogP contribution in [0.3, 0.4) is 0 Å². The number of rotatable bonds is 7. The Labute approximate surface area is 144 Å². The summed E-state index contributed by atoms with van der Waals surface area (Å²) in [5.74, 6) is 0.983. The molecule has 0 saturated heterocycles. The van der Waals surface area contributed by atoms with E-state index < -0.39 is 0 Å². The first kappa shape index (κ1) is 16.9. The zero-order valence-electron chi connectivity index (χ0n) is 14.7. The molecule has 0 radical (unpaired) electrons. The van der Waals surface area contributed by atoms with Gasteiger partial charge in [-0.2, -0.15) is 0 Å². The topological polar surface area (TPSA) is 37.4 Å². The van der Waals surface area contributed by atoms with E-state index in [0.717, 1.165) is 45.0 Å². The molecule has 1 unspecified atom stereocenters. The summed E-state index contributed by atoms with van der Waals surface area (Å²) in [5, 5.41) is 3.61. The number of hydrogen-bond acceptors (Lipinski definition) is 4. The van der Waals surface area contributed by atoms with Gasteiger partial charge in [-0.3, -0.25) is 4.98 Å². The fourth-order valence-corrected chi connectivity index (χ4v) is 3.32. The number of hydrogen-bond donors (Lipinski definition) is 1. The molecule has 24 heavy (non-hydrogen) atoms. The lowest BCUT2D eigenvalue weighted by atomic mass is 9.90. The van der Waals surface area contributed by atoms with E-state index in [9.17, 15) is 0 Å². The van der Waals surface area contributed by atoms with E-state index in [4.69, 9.17) is 4.74 Å². The van der Waals surface area contributed by atoms with Crippen molar-refractivity contribution in [3.63, 3.8) is 0 Å². The van der Waals surface area contributed by atoms with E-state index in [-0.39, 0.29) is 6.04 Å². The van der Waals surface area contributed by atoms with Crippen molar-refractivity contribution in [1.29, 1.82) is 0 Å². The summed E-state index contributed by atoms with van der Waals surface area (Å²) in [5.41, 5.74) is 4.00. The summed E-state index contributed by atoms with van der Waals surface area (Å²) in [6, 6.07) is 10.9. The van der Waals surface area contributed by atoms with E-state index in [1.165, 1.54) is 16.7 Å². The molecule has 1 aromatic carbocycles.